The summed E-state index contributed by atoms with van der Waals surface area (Å²) in [7, 11) is -3.25. The third-order valence-corrected chi connectivity index (χ3v) is 13.3. The predicted octanol–water partition coefficient (Wildman–Crippen LogP) is 7.43. The summed E-state index contributed by atoms with van der Waals surface area (Å²) in [6.07, 6.45) is 1.03. The highest BCUT2D eigenvalue weighted by Gasteiger charge is 2.45. The minimum absolute atomic E-state index is 0.118. The lowest BCUT2D eigenvalue weighted by atomic mass is 10.2. The normalized spacial score (nSPS) is 10.9. The fourth-order valence-electron chi connectivity index (χ4n) is 5.20. The van der Waals surface area contributed by atoms with Gasteiger partial charge in [-0.25, -0.2) is 13.8 Å². The maximum Gasteiger partial charge on any atom is 0.335 e. The Hall–Kier alpha value is -5.16. The summed E-state index contributed by atoms with van der Waals surface area (Å²) in [5.41, 5.74) is 1.62. The van der Waals surface area contributed by atoms with Crippen molar-refractivity contribution >= 4 is 45.9 Å². The molecule has 228 valence electrons. The molecule has 6 aromatic carbocycles. The summed E-state index contributed by atoms with van der Waals surface area (Å²) in [4.78, 5) is 22.4. The minimum atomic E-state index is -1.78. The molecular formula is C39H32O5PS+. The summed E-state index contributed by atoms with van der Waals surface area (Å²) >= 11 is 0. The van der Waals surface area contributed by atoms with E-state index < -0.39 is 30.0 Å². The highest BCUT2D eigenvalue weighted by molar-refractivity contribution is 7.95. The molecule has 0 unspecified atom stereocenters. The molecule has 0 radical (unpaired) electrons. The van der Waals surface area contributed by atoms with E-state index in [1.807, 2.05) is 0 Å². The van der Waals surface area contributed by atoms with Crippen LogP contribution < -0.4 is 15.9 Å². The van der Waals surface area contributed by atoms with Gasteiger partial charge in [0.05, 0.1) is 28.1 Å². The summed E-state index contributed by atoms with van der Waals surface area (Å²) in [6, 6.07) is 55.4. The van der Waals surface area contributed by atoms with Crippen molar-refractivity contribution in [3.8, 4) is 0 Å². The lowest BCUT2D eigenvalue weighted by Crippen LogP contribution is -2.32. The zero-order chi connectivity index (χ0) is 32.4. The molecule has 0 spiro atoms. The number of carbonyl (C=O) groups is 2. The maximum atomic E-state index is 12.2. The molecule has 5 nitrogen and oxygen atoms in total. The zero-order valence-electron chi connectivity index (χ0n) is 24.8. The van der Waals surface area contributed by atoms with Crippen molar-refractivity contribution in [3.63, 3.8) is 0 Å². The standard InChI is InChI=1S/C25H22P.C14H10O5S/c1-5-13-22(14-6-1)21-26(23-15-7-2-8-16-23,24-17-9-3-10-18-24)25-19-11-4-12-20-25;15-13(16)9-1-5-11(6-2-9)20(19)12-7-3-10(4-8-12)14(17)18/h1-20H,21H2;1-8H,(H,15,16)(H,17,18)/q+1;. The fourth-order valence-corrected chi connectivity index (χ4v) is 10.5. The smallest absolute Gasteiger partial charge is 0.335 e. The van der Waals surface area contributed by atoms with E-state index in [0.717, 1.165) is 6.16 Å². The van der Waals surface area contributed by atoms with Gasteiger partial charge in [-0.05, 0) is 90.5 Å². The van der Waals surface area contributed by atoms with E-state index in [9.17, 15) is 13.8 Å². The topological polar surface area (TPSA) is 91.7 Å². The van der Waals surface area contributed by atoms with Crippen molar-refractivity contribution in [2.45, 2.75) is 16.0 Å². The molecule has 0 saturated heterocycles. The van der Waals surface area contributed by atoms with Crippen LogP contribution in [0.2, 0.25) is 0 Å². The van der Waals surface area contributed by atoms with Gasteiger partial charge < -0.3 is 10.2 Å². The molecule has 0 aromatic heterocycles. The molecular weight excluding hydrogens is 611 g/mol. The number of hydrogen-bond donors (Lipinski definition) is 2. The first-order chi connectivity index (χ1) is 22.4. The molecule has 2 N–H and O–H groups in total. The largest absolute Gasteiger partial charge is 0.478 e. The van der Waals surface area contributed by atoms with E-state index in [2.05, 4.69) is 121 Å². The molecule has 7 heteroatoms. The quantitative estimate of drug-likeness (QED) is 0.160. The van der Waals surface area contributed by atoms with Crippen molar-refractivity contribution < 1.29 is 24.0 Å². The van der Waals surface area contributed by atoms with Gasteiger partial charge in [0.1, 0.15) is 23.2 Å². The van der Waals surface area contributed by atoms with E-state index >= 15 is 0 Å². The molecule has 0 aliphatic heterocycles. The first kappa shape index (κ1) is 32.2. The van der Waals surface area contributed by atoms with E-state index in [4.69, 9.17) is 10.2 Å². The summed E-state index contributed by atoms with van der Waals surface area (Å²) in [5, 5.41) is 21.9. The molecule has 0 amide bonds. The number of carboxylic acids is 2. The number of benzene rings is 6. The monoisotopic (exact) mass is 643 g/mol. The molecule has 6 aromatic rings. The Balaban J connectivity index is 0.000000188. The van der Waals surface area contributed by atoms with Crippen LogP contribution in [-0.4, -0.2) is 26.4 Å². The van der Waals surface area contributed by atoms with Gasteiger partial charge in [0.15, 0.2) is 0 Å². The van der Waals surface area contributed by atoms with E-state index in [0.29, 0.717) is 9.79 Å². The fraction of sp³-hybridized carbons (Fsp3) is 0.0256. The molecule has 0 aliphatic carbocycles. The van der Waals surface area contributed by atoms with Crippen molar-refractivity contribution in [1.82, 2.24) is 0 Å². The number of rotatable bonds is 9. The summed E-state index contributed by atoms with van der Waals surface area (Å²) < 4.78 is 12.2. The van der Waals surface area contributed by atoms with Gasteiger partial charge in [-0.3, -0.25) is 0 Å². The van der Waals surface area contributed by atoms with Gasteiger partial charge in [-0.15, -0.1) is 0 Å². The summed E-state index contributed by atoms with van der Waals surface area (Å²) in [6.45, 7) is 0. The lowest BCUT2D eigenvalue weighted by molar-refractivity contribution is 0.0686. The van der Waals surface area contributed by atoms with Crippen LogP contribution in [0.25, 0.3) is 0 Å². The molecule has 0 aliphatic rings. The Kier molecular flexibility index (Phi) is 10.7. The molecule has 46 heavy (non-hydrogen) atoms. The second kappa shape index (κ2) is 15.2. The van der Waals surface area contributed by atoms with Crippen molar-refractivity contribution in [3.05, 3.63) is 187 Å². The average molecular weight is 644 g/mol. The molecule has 0 heterocycles. The highest BCUT2D eigenvalue weighted by Crippen LogP contribution is 2.58. The molecule has 6 rings (SSSR count). The van der Waals surface area contributed by atoms with Crippen LogP contribution in [-0.2, 0) is 17.0 Å². The van der Waals surface area contributed by atoms with Gasteiger partial charge >= 0.3 is 11.9 Å². The van der Waals surface area contributed by atoms with Crippen LogP contribution in [0, 0.1) is 0 Å². The number of hydrogen-bond acceptors (Lipinski definition) is 3. The van der Waals surface area contributed by atoms with Crippen LogP contribution in [0.1, 0.15) is 26.3 Å². The first-order valence-electron chi connectivity index (χ1n) is 14.6. The molecule has 0 atom stereocenters. The number of carboxylic acid groups (broad SMARTS) is 2. The van der Waals surface area contributed by atoms with Crippen LogP contribution >= 0.6 is 7.26 Å². The molecule has 0 saturated carbocycles. The van der Waals surface area contributed by atoms with Gasteiger partial charge in [0.25, 0.3) is 0 Å². The van der Waals surface area contributed by atoms with Crippen LogP contribution in [0.15, 0.2) is 180 Å². The van der Waals surface area contributed by atoms with Crippen molar-refractivity contribution in [2.24, 2.45) is 0 Å². The SMILES string of the molecule is O=C(O)c1ccc(S(=O)c2ccc(C(=O)O)cc2)cc1.c1ccc(C[P+](c2ccccc2)(c2ccccc2)c2ccccc2)cc1. The van der Waals surface area contributed by atoms with E-state index in [-0.39, 0.29) is 11.1 Å². The Morgan fingerprint density at radius 2 is 0.761 bits per heavy atom. The van der Waals surface area contributed by atoms with Gasteiger partial charge in [0, 0.05) is 9.79 Å². The second-order valence-corrected chi connectivity index (χ2v) is 15.4. The molecule has 0 bridgehead atoms. The Morgan fingerprint density at radius 1 is 0.457 bits per heavy atom. The van der Waals surface area contributed by atoms with Crippen LogP contribution in [0.5, 0.6) is 0 Å². The maximum absolute atomic E-state index is 12.2. The lowest BCUT2D eigenvalue weighted by Gasteiger charge is -2.27. The van der Waals surface area contributed by atoms with Crippen LogP contribution in [0.4, 0.5) is 0 Å². The van der Waals surface area contributed by atoms with Gasteiger partial charge in [0.2, 0.25) is 0 Å². The molecule has 0 fully saturated rings. The number of aromatic carboxylic acids is 2. The predicted molar refractivity (Wildman–Crippen MR) is 187 cm³/mol. The third kappa shape index (κ3) is 7.55. The van der Waals surface area contributed by atoms with E-state index in [1.165, 1.54) is 70.0 Å². The Bertz CT molecular complexity index is 1740. The highest BCUT2D eigenvalue weighted by atomic mass is 32.2. The minimum Gasteiger partial charge on any atom is -0.478 e. The van der Waals surface area contributed by atoms with Crippen molar-refractivity contribution in [2.75, 3.05) is 0 Å². The summed E-state index contributed by atoms with van der Waals surface area (Å²) in [5.74, 6) is -2.10. The second-order valence-electron chi connectivity index (χ2n) is 10.4. The Labute approximate surface area is 271 Å². The van der Waals surface area contributed by atoms with Gasteiger partial charge in [-0.2, -0.15) is 0 Å². The van der Waals surface area contributed by atoms with Gasteiger partial charge in [-0.1, -0.05) is 84.9 Å². The zero-order valence-corrected chi connectivity index (χ0v) is 26.6. The van der Waals surface area contributed by atoms with Crippen LogP contribution in [0.3, 0.4) is 0 Å². The first-order valence-corrected chi connectivity index (χ1v) is 17.7. The van der Waals surface area contributed by atoms with Crippen molar-refractivity contribution in [1.29, 1.82) is 0 Å². The Morgan fingerprint density at radius 3 is 1.07 bits per heavy atom. The van der Waals surface area contributed by atoms with E-state index in [1.54, 1.807) is 0 Å². The third-order valence-electron chi connectivity index (χ3n) is 7.48. The average Bonchev–Trinajstić information content (AvgIpc) is 3.12.